The lowest BCUT2D eigenvalue weighted by molar-refractivity contribution is 0.0222. The summed E-state index contributed by atoms with van der Waals surface area (Å²) >= 11 is 0. The number of hydrogen-bond donors (Lipinski definition) is 2. The number of aliphatic hydroxyl groups is 2. The van der Waals surface area contributed by atoms with Crippen molar-refractivity contribution in [1.82, 2.24) is 0 Å². The minimum atomic E-state index is -3.53. The lowest BCUT2D eigenvalue weighted by Gasteiger charge is -2.03. The summed E-state index contributed by atoms with van der Waals surface area (Å²) in [4.78, 5) is 0.229. The van der Waals surface area contributed by atoms with Gasteiger partial charge in [-0.1, -0.05) is 18.2 Å². The SMILES string of the molecule is CCOCC.COS(=O)(=O)c1ccccc1C.OCCOCCOCCO. The lowest BCUT2D eigenvalue weighted by Crippen LogP contribution is -2.09. The summed E-state index contributed by atoms with van der Waals surface area (Å²) in [5.74, 6) is 0. The smallest absolute Gasteiger partial charge is 0.296 e. The predicted molar refractivity (Wildman–Crippen MR) is 103 cm³/mol. The molecule has 0 heterocycles. The Bertz CT molecular complexity index is 524. The number of aryl methyl sites for hydroxylation is 1. The van der Waals surface area contributed by atoms with E-state index in [0.29, 0.717) is 32.0 Å². The third kappa shape index (κ3) is 16.8. The number of aliphatic hydroxyl groups excluding tert-OH is 2. The molecule has 0 saturated carbocycles. The molecule has 160 valence electrons. The second-order valence-electron chi connectivity index (χ2n) is 4.84. The van der Waals surface area contributed by atoms with Crippen LogP contribution >= 0.6 is 0 Å². The van der Waals surface area contributed by atoms with Crippen LogP contribution in [0.15, 0.2) is 29.2 Å². The molecule has 1 aromatic rings. The summed E-state index contributed by atoms with van der Waals surface area (Å²) in [7, 11) is -2.37. The van der Waals surface area contributed by atoms with E-state index in [1.54, 1.807) is 25.1 Å². The number of rotatable bonds is 11. The molecule has 0 aliphatic carbocycles. The highest BCUT2D eigenvalue weighted by Crippen LogP contribution is 2.15. The van der Waals surface area contributed by atoms with Crippen molar-refractivity contribution in [2.45, 2.75) is 25.7 Å². The molecule has 0 aromatic heterocycles. The first kappa shape index (κ1) is 28.1. The van der Waals surface area contributed by atoms with E-state index in [2.05, 4.69) is 4.18 Å². The number of ether oxygens (including phenoxy) is 3. The second-order valence-corrected chi connectivity index (χ2v) is 6.52. The average Bonchev–Trinajstić information content (AvgIpc) is 2.66. The molecular formula is C18H34O8S. The molecule has 1 rings (SSSR count). The van der Waals surface area contributed by atoms with Crippen LogP contribution in [-0.2, 0) is 28.5 Å². The van der Waals surface area contributed by atoms with E-state index in [-0.39, 0.29) is 18.1 Å². The summed E-state index contributed by atoms with van der Waals surface area (Å²) in [6, 6.07) is 6.70. The quantitative estimate of drug-likeness (QED) is 0.416. The highest BCUT2D eigenvalue weighted by molar-refractivity contribution is 7.86. The summed E-state index contributed by atoms with van der Waals surface area (Å²) in [5.41, 5.74) is 0.694. The van der Waals surface area contributed by atoms with E-state index in [9.17, 15) is 8.42 Å². The fraction of sp³-hybridized carbons (Fsp3) is 0.667. The van der Waals surface area contributed by atoms with Crippen LogP contribution in [0.1, 0.15) is 19.4 Å². The van der Waals surface area contributed by atoms with E-state index in [1.165, 1.54) is 6.07 Å². The molecular weight excluding hydrogens is 376 g/mol. The maximum Gasteiger partial charge on any atom is 0.296 e. The van der Waals surface area contributed by atoms with Gasteiger partial charge in [0, 0.05) is 13.2 Å². The van der Waals surface area contributed by atoms with E-state index < -0.39 is 10.1 Å². The van der Waals surface area contributed by atoms with E-state index >= 15 is 0 Å². The third-order valence-electron chi connectivity index (χ3n) is 2.83. The molecule has 0 amide bonds. The van der Waals surface area contributed by atoms with Crippen LogP contribution in [0.5, 0.6) is 0 Å². The molecule has 0 unspecified atom stereocenters. The van der Waals surface area contributed by atoms with Crippen molar-refractivity contribution < 1.29 is 37.0 Å². The van der Waals surface area contributed by atoms with Crippen molar-refractivity contribution in [3.8, 4) is 0 Å². The molecule has 2 N–H and O–H groups in total. The van der Waals surface area contributed by atoms with Gasteiger partial charge in [-0.3, -0.25) is 4.18 Å². The van der Waals surface area contributed by atoms with Crippen molar-refractivity contribution >= 4 is 10.1 Å². The number of benzene rings is 1. The second kappa shape index (κ2) is 19.7. The van der Waals surface area contributed by atoms with Crippen LogP contribution in [0, 0.1) is 6.92 Å². The molecule has 9 heteroatoms. The first-order chi connectivity index (χ1) is 12.9. The minimum Gasteiger partial charge on any atom is -0.394 e. The van der Waals surface area contributed by atoms with E-state index in [1.807, 2.05) is 13.8 Å². The fourth-order valence-electron chi connectivity index (χ4n) is 1.58. The van der Waals surface area contributed by atoms with Crippen molar-refractivity contribution in [3.05, 3.63) is 29.8 Å². The van der Waals surface area contributed by atoms with Gasteiger partial charge < -0.3 is 24.4 Å². The van der Waals surface area contributed by atoms with Crippen LogP contribution in [0.4, 0.5) is 0 Å². The molecule has 0 bridgehead atoms. The topological polar surface area (TPSA) is 112 Å². The van der Waals surface area contributed by atoms with Gasteiger partial charge in [-0.05, 0) is 32.4 Å². The molecule has 0 aliphatic heterocycles. The monoisotopic (exact) mass is 410 g/mol. The van der Waals surface area contributed by atoms with Gasteiger partial charge in [0.05, 0.1) is 51.6 Å². The van der Waals surface area contributed by atoms with Gasteiger partial charge >= 0.3 is 0 Å². The van der Waals surface area contributed by atoms with Crippen LogP contribution in [0.2, 0.25) is 0 Å². The summed E-state index contributed by atoms with van der Waals surface area (Å²) < 4.78 is 41.4. The van der Waals surface area contributed by atoms with Crippen LogP contribution in [-0.4, -0.2) is 78.6 Å². The van der Waals surface area contributed by atoms with Crippen molar-refractivity contribution in [2.75, 3.05) is 60.0 Å². The Kier molecular flexibility index (Phi) is 20.5. The largest absolute Gasteiger partial charge is 0.394 e. The van der Waals surface area contributed by atoms with Crippen LogP contribution < -0.4 is 0 Å². The summed E-state index contributed by atoms with van der Waals surface area (Å²) in [6.07, 6.45) is 0. The average molecular weight is 411 g/mol. The Labute approximate surface area is 163 Å². The highest BCUT2D eigenvalue weighted by Gasteiger charge is 2.14. The van der Waals surface area contributed by atoms with Crippen molar-refractivity contribution in [2.24, 2.45) is 0 Å². The van der Waals surface area contributed by atoms with Gasteiger partial charge in [-0.15, -0.1) is 0 Å². The van der Waals surface area contributed by atoms with Gasteiger partial charge in [-0.25, -0.2) is 0 Å². The normalized spacial score (nSPS) is 10.4. The zero-order valence-electron chi connectivity index (χ0n) is 16.7. The Morgan fingerprint density at radius 1 is 0.852 bits per heavy atom. The zero-order valence-corrected chi connectivity index (χ0v) is 17.5. The lowest BCUT2D eigenvalue weighted by atomic mass is 10.2. The molecule has 27 heavy (non-hydrogen) atoms. The standard InChI is InChI=1S/C8H10O3S.C6H14O4.C4H10O/c1-7-5-3-4-6-8(7)12(9,10)11-2;7-1-3-9-5-6-10-4-2-8;1-3-5-4-2/h3-6H,1-2H3;7-8H,1-6H2;3-4H2,1-2H3. The Hall–Kier alpha value is -1.07. The Morgan fingerprint density at radius 2 is 1.33 bits per heavy atom. The van der Waals surface area contributed by atoms with Gasteiger partial charge in [0.25, 0.3) is 10.1 Å². The minimum absolute atomic E-state index is 0.0417. The maximum atomic E-state index is 11.2. The maximum absolute atomic E-state index is 11.2. The van der Waals surface area contributed by atoms with E-state index in [0.717, 1.165) is 20.3 Å². The molecule has 0 saturated heterocycles. The Balaban J connectivity index is 0. The van der Waals surface area contributed by atoms with Crippen LogP contribution in [0.3, 0.4) is 0 Å². The predicted octanol–water partition coefficient (Wildman–Crippen LogP) is 1.38. The third-order valence-corrected chi connectivity index (χ3v) is 4.27. The molecule has 0 aliphatic rings. The molecule has 0 atom stereocenters. The van der Waals surface area contributed by atoms with Crippen molar-refractivity contribution in [1.29, 1.82) is 0 Å². The van der Waals surface area contributed by atoms with Gasteiger partial charge in [0.15, 0.2) is 0 Å². The molecule has 0 spiro atoms. The molecule has 8 nitrogen and oxygen atoms in total. The van der Waals surface area contributed by atoms with Gasteiger partial charge in [-0.2, -0.15) is 8.42 Å². The van der Waals surface area contributed by atoms with Crippen LogP contribution in [0.25, 0.3) is 0 Å². The molecule has 1 aromatic carbocycles. The first-order valence-electron chi connectivity index (χ1n) is 8.72. The van der Waals surface area contributed by atoms with Crippen molar-refractivity contribution in [3.63, 3.8) is 0 Å². The molecule has 0 fully saturated rings. The summed E-state index contributed by atoms with van der Waals surface area (Å²) in [6.45, 7) is 9.12. The number of hydrogen-bond acceptors (Lipinski definition) is 8. The van der Waals surface area contributed by atoms with Gasteiger partial charge in [0.1, 0.15) is 0 Å². The molecule has 0 radical (unpaired) electrons. The highest BCUT2D eigenvalue weighted by atomic mass is 32.2. The fourth-order valence-corrected chi connectivity index (χ4v) is 2.47. The van der Waals surface area contributed by atoms with Gasteiger partial charge in [0.2, 0.25) is 0 Å². The Morgan fingerprint density at radius 3 is 1.67 bits per heavy atom. The zero-order chi connectivity index (χ0) is 21.0. The summed E-state index contributed by atoms with van der Waals surface area (Å²) in [5, 5.41) is 16.5. The van der Waals surface area contributed by atoms with E-state index in [4.69, 9.17) is 24.4 Å². The first-order valence-corrected chi connectivity index (χ1v) is 10.1.